The van der Waals surface area contributed by atoms with Gasteiger partial charge in [0.05, 0.1) is 18.8 Å². The molecule has 0 radical (unpaired) electrons. The summed E-state index contributed by atoms with van der Waals surface area (Å²) in [6, 6.07) is 6.76. The van der Waals surface area contributed by atoms with Crippen LogP contribution in [0.1, 0.15) is 32.3 Å². The lowest BCUT2D eigenvalue weighted by Gasteiger charge is -2.27. The molecule has 3 unspecified atom stereocenters. The summed E-state index contributed by atoms with van der Waals surface area (Å²) in [7, 11) is 0. The Hall–Kier alpha value is -1.19. The molecule has 19 heavy (non-hydrogen) atoms. The van der Waals surface area contributed by atoms with Gasteiger partial charge in [-0.2, -0.15) is 0 Å². The van der Waals surface area contributed by atoms with Crippen molar-refractivity contribution in [2.24, 2.45) is 0 Å². The molecule has 1 aromatic carbocycles. The summed E-state index contributed by atoms with van der Waals surface area (Å²) < 4.78 is 25.3. The average Bonchev–Trinajstić information content (AvgIpc) is 3.08. The van der Waals surface area contributed by atoms with Gasteiger partial charge in [-0.15, -0.1) is 0 Å². The van der Waals surface area contributed by atoms with Crippen LogP contribution in [0.2, 0.25) is 0 Å². The molecular weight excluding hydrogens is 243 g/mol. The van der Waals surface area contributed by atoms with Crippen molar-refractivity contribution in [2.45, 2.75) is 51.1 Å². The third kappa shape index (κ3) is 2.33. The highest BCUT2D eigenvalue weighted by Crippen LogP contribution is 2.50. The molecule has 2 aliphatic rings. The monoisotopic (exact) mass is 262 g/mol. The summed E-state index contributed by atoms with van der Waals surface area (Å²) in [5.74, 6) is -0.206. The maximum absolute atomic E-state index is 13.6. The molecule has 0 spiro atoms. The van der Waals surface area contributed by atoms with E-state index in [4.69, 9.17) is 9.47 Å². The third-order valence-corrected chi connectivity index (χ3v) is 4.32. The van der Waals surface area contributed by atoms with Crippen LogP contribution in [0.3, 0.4) is 0 Å². The van der Waals surface area contributed by atoms with E-state index in [1.54, 1.807) is 12.1 Å². The van der Waals surface area contributed by atoms with Gasteiger partial charge in [0.25, 0.3) is 0 Å². The van der Waals surface area contributed by atoms with Crippen molar-refractivity contribution in [2.75, 3.05) is 0 Å². The van der Waals surface area contributed by atoms with Crippen LogP contribution in [0.15, 0.2) is 35.9 Å². The molecule has 0 aromatic heterocycles. The van der Waals surface area contributed by atoms with Gasteiger partial charge >= 0.3 is 0 Å². The number of rotatable bonds is 3. The minimum Gasteiger partial charge on any atom is -0.370 e. The quantitative estimate of drug-likeness (QED) is 0.613. The lowest BCUT2D eigenvalue weighted by Crippen LogP contribution is -2.36. The van der Waals surface area contributed by atoms with Crippen molar-refractivity contribution < 1.29 is 13.9 Å². The molecule has 3 rings (SSSR count). The fourth-order valence-electron chi connectivity index (χ4n) is 2.83. The molecule has 0 N–H and O–H groups in total. The Morgan fingerprint density at radius 3 is 2.95 bits per heavy atom. The fourth-order valence-corrected chi connectivity index (χ4v) is 2.83. The van der Waals surface area contributed by atoms with E-state index in [1.165, 1.54) is 11.6 Å². The first kappa shape index (κ1) is 12.8. The van der Waals surface area contributed by atoms with Crippen molar-refractivity contribution >= 4 is 0 Å². The zero-order valence-corrected chi connectivity index (χ0v) is 11.4. The maximum atomic E-state index is 13.6. The van der Waals surface area contributed by atoms with Gasteiger partial charge in [0, 0.05) is 5.56 Å². The number of halogens is 1. The minimum atomic E-state index is -0.206. The van der Waals surface area contributed by atoms with Crippen LogP contribution in [0.25, 0.3) is 0 Å². The lowest BCUT2D eigenvalue weighted by atomic mass is 9.84. The molecule has 1 saturated carbocycles. The van der Waals surface area contributed by atoms with Gasteiger partial charge in [-0.1, -0.05) is 29.8 Å². The number of benzene rings is 1. The summed E-state index contributed by atoms with van der Waals surface area (Å²) in [6.07, 6.45) is 4.33. The molecule has 0 bridgehead atoms. The van der Waals surface area contributed by atoms with Crippen LogP contribution in [0.5, 0.6) is 0 Å². The number of allylic oxidation sites excluding steroid dienone is 1. The second kappa shape index (κ2) is 4.73. The van der Waals surface area contributed by atoms with Crippen LogP contribution in [0, 0.1) is 5.82 Å². The molecule has 3 atom stereocenters. The van der Waals surface area contributed by atoms with Crippen LogP contribution in [-0.2, 0) is 16.1 Å². The molecule has 0 amide bonds. The van der Waals surface area contributed by atoms with E-state index in [2.05, 4.69) is 13.0 Å². The van der Waals surface area contributed by atoms with E-state index >= 15 is 0 Å². The van der Waals surface area contributed by atoms with E-state index in [0.717, 1.165) is 12.8 Å². The minimum absolute atomic E-state index is 0.0251. The predicted molar refractivity (Wildman–Crippen MR) is 71.2 cm³/mol. The van der Waals surface area contributed by atoms with Gasteiger partial charge in [0.2, 0.25) is 0 Å². The molecule has 2 fully saturated rings. The molecular formula is C16H19FO2. The van der Waals surface area contributed by atoms with Crippen LogP contribution in [0.4, 0.5) is 4.39 Å². The second-order valence-electron chi connectivity index (χ2n) is 5.54. The van der Waals surface area contributed by atoms with E-state index in [-0.39, 0.29) is 23.6 Å². The Kier molecular flexibility index (Phi) is 3.19. The van der Waals surface area contributed by atoms with Crippen LogP contribution in [-0.4, -0.2) is 17.8 Å². The van der Waals surface area contributed by atoms with Crippen molar-refractivity contribution in [1.82, 2.24) is 0 Å². The zero-order valence-electron chi connectivity index (χ0n) is 11.4. The standard InChI is InChI=1S/C16H19FO2/c1-3-11-8-14(16(2)15(9-11)19-16)18-10-12-6-4-5-7-13(12)17/h3-7,14-15H,8-10H2,1-2H3. The first-order valence-electron chi connectivity index (χ1n) is 6.80. The van der Waals surface area contributed by atoms with E-state index < -0.39 is 0 Å². The van der Waals surface area contributed by atoms with Gasteiger partial charge in [0.15, 0.2) is 0 Å². The number of hydrogen-bond acceptors (Lipinski definition) is 2. The van der Waals surface area contributed by atoms with Gasteiger partial charge in [-0.05, 0) is 32.8 Å². The fraction of sp³-hybridized carbons (Fsp3) is 0.500. The van der Waals surface area contributed by atoms with Crippen molar-refractivity contribution in [3.63, 3.8) is 0 Å². The van der Waals surface area contributed by atoms with E-state index in [9.17, 15) is 4.39 Å². The highest BCUT2D eigenvalue weighted by molar-refractivity contribution is 5.22. The molecule has 1 aliphatic carbocycles. The molecule has 1 saturated heterocycles. The average molecular weight is 262 g/mol. The van der Waals surface area contributed by atoms with Crippen LogP contribution >= 0.6 is 0 Å². The highest BCUT2D eigenvalue weighted by Gasteiger charge is 2.60. The number of fused-ring (bicyclic) bond motifs is 1. The normalized spacial score (nSPS) is 35.2. The summed E-state index contributed by atoms with van der Waals surface area (Å²) >= 11 is 0. The van der Waals surface area contributed by atoms with Crippen molar-refractivity contribution in [3.05, 3.63) is 47.3 Å². The number of hydrogen-bond donors (Lipinski definition) is 0. The largest absolute Gasteiger partial charge is 0.370 e. The summed E-state index contributed by atoms with van der Waals surface area (Å²) in [5, 5.41) is 0. The van der Waals surface area contributed by atoms with Gasteiger partial charge in [-0.3, -0.25) is 0 Å². The van der Waals surface area contributed by atoms with Gasteiger partial charge in [-0.25, -0.2) is 4.39 Å². The summed E-state index contributed by atoms with van der Waals surface area (Å²) in [6.45, 7) is 4.45. The zero-order chi connectivity index (χ0) is 13.5. The number of epoxide rings is 1. The Balaban J connectivity index is 1.68. The van der Waals surface area contributed by atoms with E-state index in [1.807, 2.05) is 13.0 Å². The van der Waals surface area contributed by atoms with Crippen LogP contribution < -0.4 is 0 Å². The number of ether oxygens (including phenoxy) is 2. The second-order valence-corrected chi connectivity index (χ2v) is 5.54. The summed E-state index contributed by atoms with van der Waals surface area (Å²) in [4.78, 5) is 0. The SMILES string of the molecule is CC=C1CC(OCc2ccccc2F)C2(C)OC2C1. The first-order chi connectivity index (χ1) is 9.13. The van der Waals surface area contributed by atoms with Crippen molar-refractivity contribution in [3.8, 4) is 0 Å². The lowest BCUT2D eigenvalue weighted by molar-refractivity contribution is -0.0108. The summed E-state index contributed by atoms with van der Waals surface area (Å²) in [5.41, 5.74) is 1.81. The molecule has 2 nitrogen and oxygen atoms in total. The third-order valence-electron chi connectivity index (χ3n) is 4.32. The molecule has 1 aliphatic heterocycles. The molecule has 1 aromatic rings. The molecule has 102 valence electrons. The Morgan fingerprint density at radius 2 is 2.21 bits per heavy atom. The molecule has 1 heterocycles. The Morgan fingerprint density at radius 1 is 1.42 bits per heavy atom. The maximum Gasteiger partial charge on any atom is 0.128 e. The van der Waals surface area contributed by atoms with Gasteiger partial charge in [0.1, 0.15) is 11.4 Å². The predicted octanol–water partition coefficient (Wildman–Crippen LogP) is 3.61. The van der Waals surface area contributed by atoms with Gasteiger partial charge < -0.3 is 9.47 Å². The smallest absolute Gasteiger partial charge is 0.128 e. The molecule has 3 heteroatoms. The Labute approximate surface area is 113 Å². The van der Waals surface area contributed by atoms with E-state index in [0.29, 0.717) is 12.2 Å². The highest BCUT2D eigenvalue weighted by atomic mass is 19.1. The Bertz CT molecular complexity index is 511. The topological polar surface area (TPSA) is 21.8 Å². The van der Waals surface area contributed by atoms with Crippen molar-refractivity contribution in [1.29, 1.82) is 0 Å². The first-order valence-corrected chi connectivity index (χ1v) is 6.80.